The molecule has 0 spiro atoms. The van der Waals surface area contributed by atoms with Crippen molar-refractivity contribution in [2.75, 3.05) is 11.4 Å². The summed E-state index contributed by atoms with van der Waals surface area (Å²) in [6.07, 6.45) is 0. The molecule has 1 aromatic carbocycles. The molecule has 0 heterocycles. The molecule has 5 nitrogen and oxygen atoms in total. The van der Waals surface area contributed by atoms with Crippen molar-refractivity contribution in [3.8, 4) is 0 Å². The third kappa shape index (κ3) is 5.10. The van der Waals surface area contributed by atoms with Gasteiger partial charge in [0.1, 0.15) is 6.54 Å². The summed E-state index contributed by atoms with van der Waals surface area (Å²) < 4.78 is 0. The Morgan fingerprint density at radius 1 is 1.24 bits per heavy atom. The molecule has 0 radical (unpaired) electrons. The smallest absolute Gasteiger partial charge is 0.323 e. The lowest BCUT2D eigenvalue weighted by Crippen LogP contribution is -2.49. The topological polar surface area (TPSA) is 69.6 Å². The number of aryl methyl sites for hydroxylation is 1. The van der Waals surface area contributed by atoms with Gasteiger partial charge in [0.25, 0.3) is 0 Å². The Balaban J connectivity index is 2.94. The van der Waals surface area contributed by atoms with Crippen molar-refractivity contribution in [1.29, 1.82) is 0 Å². The van der Waals surface area contributed by atoms with E-state index >= 15 is 0 Å². The Bertz CT molecular complexity index is 503. The van der Waals surface area contributed by atoms with Crippen LogP contribution in [0.3, 0.4) is 0 Å². The molecule has 0 aliphatic carbocycles. The number of hydrogen-bond donors (Lipinski definition) is 2. The lowest BCUT2D eigenvalue weighted by atomic mass is 9.88. The highest BCUT2D eigenvalue weighted by atomic mass is 16.4. The second-order valence-corrected chi connectivity index (χ2v) is 6.35. The van der Waals surface area contributed by atoms with Gasteiger partial charge in [-0.3, -0.25) is 9.69 Å². The molecule has 21 heavy (non-hydrogen) atoms. The molecular formula is C16H24N2O3. The lowest BCUT2D eigenvalue weighted by molar-refractivity contribution is -0.135. The third-order valence-electron chi connectivity index (χ3n) is 3.52. The monoisotopic (exact) mass is 292 g/mol. The summed E-state index contributed by atoms with van der Waals surface area (Å²) in [6, 6.07) is 6.73. The van der Waals surface area contributed by atoms with Crippen LogP contribution in [-0.4, -0.2) is 29.7 Å². The number of hydrogen-bond acceptors (Lipinski definition) is 2. The molecule has 0 saturated heterocycles. The molecule has 0 fully saturated rings. The van der Waals surface area contributed by atoms with Gasteiger partial charge < -0.3 is 10.4 Å². The molecule has 1 unspecified atom stereocenters. The number of nitrogens with zero attached hydrogens (tertiary/aromatic N) is 1. The molecule has 116 valence electrons. The lowest BCUT2D eigenvalue weighted by Gasteiger charge is -2.31. The Labute approximate surface area is 126 Å². The van der Waals surface area contributed by atoms with Crippen molar-refractivity contribution in [3.05, 3.63) is 29.8 Å². The van der Waals surface area contributed by atoms with Crippen LogP contribution in [0.2, 0.25) is 0 Å². The summed E-state index contributed by atoms with van der Waals surface area (Å²) in [6.45, 7) is 9.53. The van der Waals surface area contributed by atoms with Gasteiger partial charge in [0.2, 0.25) is 0 Å². The fourth-order valence-corrected chi connectivity index (χ4v) is 1.62. The maximum absolute atomic E-state index is 12.4. The minimum absolute atomic E-state index is 0.0771. The van der Waals surface area contributed by atoms with Gasteiger partial charge >= 0.3 is 12.0 Å². The molecule has 0 aliphatic heterocycles. The van der Waals surface area contributed by atoms with Gasteiger partial charge in [-0.1, -0.05) is 38.5 Å². The summed E-state index contributed by atoms with van der Waals surface area (Å²) in [4.78, 5) is 24.6. The molecule has 1 atom stereocenters. The van der Waals surface area contributed by atoms with Gasteiger partial charge in [0.05, 0.1) is 0 Å². The predicted octanol–water partition coefficient (Wildman–Crippen LogP) is 3.03. The first kappa shape index (κ1) is 17.0. The fourth-order valence-electron chi connectivity index (χ4n) is 1.62. The van der Waals surface area contributed by atoms with Gasteiger partial charge in [-0.15, -0.1) is 0 Å². The molecule has 0 saturated carbocycles. The van der Waals surface area contributed by atoms with Crippen LogP contribution in [0.25, 0.3) is 0 Å². The van der Waals surface area contributed by atoms with E-state index in [0.29, 0.717) is 5.69 Å². The largest absolute Gasteiger partial charge is 0.480 e. The molecule has 0 aromatic heterocycles. The van der Waals surface area contributed by atoms with Gasteiger partial charge in [-0.2, -0.15) is 0 Å². The van der Waals surface area contributed by atoms with Crippen molar-refractivity contribution in [3.63, 3.8) is 0 Å². The second-order valence-electron chi connectivity index (χ2n) is 6.35. The number of carbonyl (C=O) groups is 2. The SMILES string of the molecule is Cc1ccc(N(CC(=O)O)C(=O)NC(C)C(C)(C)C)cc1. The summed E-state index contributed by atoms with van der Waals surface area (Å²) >= 11 is 0. The Kier molecular flexibility index (Phi) is 5.35. The standard InChI is InChI=1S/C16H24N2O3/c1-11-6-8-13(9-7-11)18(10-14(19)20)15(21)17-12(2)16(3,4)5/h6-9,12H,10H2,1-5H3,(H,17,21)(H,19,20). The van der Waals surface area contributed by atoms with Crippen molar-refractivity contribution in [2.45, 2.75) is 40.7 Å². The number of urea groups is 1. The number of carboxylic acid groups (broad SMARTS) is 1. The van der Waals surface area contributed by atoms with Gasteiger partial charge in [-0.25, -0.2) is 4.79 Å². The van der Waals surface area contributed by atoms with Gasteiger partial charge in [0.15, 0.2) is 0 Å². The first-order valence-electron chi connectivity index (χ1n) is 6.97. The third-order valence-corrected chi connectivity index (χ3v) is 3.52. The van der Waals surface area contributed by atoms with Crippen molar-refractivity contribution in [2.24, 2.45) is 5.41 Å². The molecule has 0 bridgehead atoms. The minimum Gasteiger partial charge on any atom is -0.480 e. The van der Waals surface area contributed by atoms with E-state index in [1.54, 1.807) is 12.1 Å². The van der Waals surface area contributed by atoms with Gasteiger partial charge in [-0.05, 0) is 31.4 Å². The molecule has 1 rings (SSSR count). The van der Waals surface area contributed by atoms with Crippen LogP contribution in [0.1, 0.15) is 33.3 Å². The van der Waals surface area contributed by atoms with Crippen molar-refractivity contribution >= 4 is 17.7 Å². The fraction of sp³-hybridized carbons (Fsp3) is 0.500. The van der Waals surface area contributed by atoms with Crippen molar-refractivity contribution in [1.82, 2.24) is 5.32 Å². The van der Waals surface area contributed by atoms with E-state index in [2.05, 4.69) is 5.32 Å². The van der Waals surface area contributed by atoms with Crippen LogP contribution < -0.4 is 10.2 Å². The number of rotatable bonds is 4. The number of nitrogens with one attached hydrogen (secondary N) is 1. The maximum atomic E-state index is 12.4. The van der Waals surface area contributed by atoms with E-state index < -0.39 is 12.0 Å². The van der Waals surface area contributed by atoms with Crippen LogP contribution in [0.5, 0.6) is 0 Å². The predicted molar refractivity (Wildman–Crippen MR) is 83.6 cm³/mol. The summed E-state index contributed by atoms with van der Waals surface area (Å²) in [5.41, 5.74) is 1.52. The van der Waals surface area contributed by atoms with E-state index in [9.17, 15) is 9.59 Å². The minimum atomic E-state index is -1.05. The van der Waals surface area contributed by atoms with Gasteiger partial charge in [0, 0.05) is 11.7 Å². The second kappa shape index (κ2) is 6.61. The van der Waals surface area contributed by atoms with Crippen LogP contribution >= 0.6 is 0 Å². The first-order valence-corrected chi connectivity index (χ1v) is 6.97. The number of carbonyl (C=O) groups excluding carboxylic acids is 1. The molecule has 5 heteroatoms. The molecule has 2 N–H and O–H groups in total. The average molecular weight is 292 g/mol. The molecule has 2 amide bonds. The molecular weight excluding hydrogens is 268 g/mol. The maximum Gasteiger partial charge on any atom is 0.323 e. The van der Waals surface area contributed by atoms with E-state index in [-0.39, 0.29) is 18.0 Å². The van der Waals surface area contributed by atoms with Crippen LogP contribution in [-0.2, 0) is 4.79 Å². The zero-order valence-corrected chi connectivity index (χ0v) is 13.3. The average Bonchev–Trinajstić information content (AvgIpc) is 2.35. The zero-order chi connectivity index (χ0) is 16.2. The summed E-state index contributed by atoms with van der Waals surface area (Å²) in [5, 5.41) is 11.9. The quantitative estimate of drug-likeness (QED) is 0.896. The highest BCUT2D eigenvalue weighted by Gasteiger charge is 2.25. The number of anilines is 1. The Morgan fingerprint density at radius 2 is 1.76 bits per heavy atom. The van der Waals surface area contributed by atoms with Crippen molar-refractivity contribution < 1.29 is 14.7 Å². The number of amides is 2. The molecule has 0 aliphatic rings. The summed E-state index contributed by atoms with van der Waals surface area (Å²) in [7, 11) is 0. The number of benzene rings is 1. The van der Waals surface area contributed by atoms with Crippen LogP contribution in [0.15, 0.2) is 24.3 Å². The highest BCUT2D eigenvalue weighted by Crippen LogP contribution is 2.20. The van der Waals surface area contributed by atoms with Crippen LogP contribution in [0.4, 0.5) is 10.5 Å². The Hall–Kier alpha value is -2.04. The van der Waals surface area contributed by atoms with Crippen LogP contribution in [0, 0.1) is 12.3 Å². The number of carboxylic acids is 1. The van der Waals surface area contributed by atoms with E-state index in [4.69, 9.17) is 5.11 Å². The highest BCUT2D eigenvalue weighted by molar-refractivity contribution is 5.96. The normalized spacial score (nSPS) is 12.6. The van der Waals surface area contributed by atoms with E-state index in [0.717, 1.165) is 5.56 Å². The number of aliphatic carboxylic acids is 1. The molecule has 1 aromatic rings. The summed E-state index contributed by atoms with van der Waals surface area (Å²) in [5.74, 6) is -1.05. The van der Waals surface area contributed by atoms with E-state index in [1.165, 1.54) is 4.90 Å². The zero-order valence-electron chi connectivity index (χ0n) is 13.3. The first-order chi connectivity index (χ1) is 9.61. The van der Waals surface area contributed by atoms with E-state index in [1.807, 2.05) is 46.8 Å². The Morgan fingerprint density at radius 3 is 2.19 bits per heavy atom.